The average molecular weight is 484 g/mol. The van der Waals surface area contributed by atoms with E-state index in [0.29, 0.717) is 23.1 Å². The van der Waals surface area contributed by atoms with Crippen molar-refractivity contribution in [2.75, 3.05) is 22.1 Å². The first-order valence-corrected chi connectivity index (χ1v) is 11.5. The van der Waals surface area contributed by atoms with Crippen LogP contribution in [0, 0.1) is 5.92 Å². The van der Waals surface area contributed by atoms with E-state index in [1.165, 1.54) is 6.33 Å². The van der Waals surface area contributed by atoms with Crippen LogP contribution < -0.4 is 15.5 Å². The number of benzene rings is 3. The fourth-order valence-corrected chi connectivity index (χ4v) is 4.10. The summed E-state index contributed by atoms with van der Waals surface area (Å²) in [6.07, 6.45) is 1.70. The Kier molecular flexibility index (Phi) is 6.41. The summed E-state index contributed by atoms with van der Waals surface area (Å²) in [5, 5.41) is 6.77. The molecule has 35 heavy (non-hydrogen) atoms. The van der Waals surface area contributed by atoms with Gasteiger partial charge >= 0.3 is 0 Å². The van der Waals surface area contributed by atoms with E-state index in [0.717, 1.165) is 22.6 Å². The van der Waals surface area contributed by atoms with Gasteiger partial charge < -0.3 is 15.5 Å². The lowest BCUT2D eigenvalue weighted by molar-refractivity contribution is -0.122. The van der Waals surface area contributed by atoms with Crippen LogP contribution in [0.4, 0.5) is 22.9 Å². The number of nitrogens with zero attached hydrogens (tertiary/aromatic N) is 3. The Hall–Kier alpha value is -4.23. The predicted octanol–water partition coefficient (Wildman–Crippen LogP) is 5.53. The standard InChI is InChI=1S/C27H22ClN5O2/c28-20-6-12-23(13-7-20)33-16-19(14-26(33)34)27(35)32-22-10-8-21(9-11-22)31-25-15-24(29-17-30-25)18-4-2-1-3-5-18/h1-13,15,17,19H,14,16H2,(H,32,35)(H,29,30,31). The Labute approximate surface area is 207 Å². The quantitative estimate of drug-likeness (QED) is 0.376. The van der Waals surface area contributed by atoms with Crippen LogP contribution in [0.1, 0.15) is 6.42 Å². The van der Waals surface area contributed by atoms with E-state index < -0.39 is 5.92 Å². The topological polar surface area (TPSA) is 87.2 Å². The van der Waals surface area contributed by atoms with Crippen LogP contribution in [0.3, 0.4) is 0 Å². The van der Waals surface area contributed by atoms with Crippen LogP contribution in [0.25, 0.3) is 11.3 Å². The van der Waals surface area contributed by atoms with Crippen molar-refractivity contribution in [3.63, 3.8) is 0 Å². The van der Waals surface area contributed by atoms with Crippen LogP contribution in [-0.2, 0) is 9.59 Å². The lowest BCUT2D eigenvalue weighted by Crippen LogP contribution is -2.28. The monoisotopic (exact) mass is 483 g/mol. The SMILES string of the molecule is O=C(Nc1ccc(Nc2cc(-c3ccccc3)ncn2)cc1)C1CC(=O)N(c2ccc(Cl)cc2)C1. The van der Waals surface area contributed by atoms with E-state index in [9.17, 15) is 9.59 Å². The summed E-state index contributed by atoms with van der Waals surface area (Å²) < 4.78 is 0. The number of hydrogen-bond acceptors (Lipinski definition) is 5. The molecule has 7 nitrogen and oxygen atoms in total. The Morgan fingerprint density at radius 3 is 2.37 bits per heavy atom. The van der Waals surface area contributed by atoms with Crippen LogP contribution in [-0.4, -0.2) is 28.3 Å². The number of carbonyl (C=O) groups excluding carboxylic acids is 2. The van der Waals surface area contributed by atoms with Gasteiger partial charge in [-0.15, -0.1) is 0 Å². The summed E-state index contributed by atoms with van der Waals surface area (Å²) in [6, 6.07) is 26.2. The zero-order valence-corrected chi connectivity index (χ0v) is 19.4. The Morgan fingerprint density at radius 2 is 1.63 bits per heavy atom. The maximum atomic E-state index is 12.8. The van der Waals surface area contributed by atoms with E-state index in [1.54, 1.807) is 29.2 Å². The molecule has 1 unspecified atom stereocenters. The maximum absolute atomic E-state index is 12.8. The highest BCUT2D eigenvalue weighted by Crippen LogP contribution is 2.28. The molecule has 174 valence electrons. The average Bonchev–Trinajstić information content (AvgIpc) is 3.28. The molecule has 1 fully saturated rings. The minimum Gasteiger partial charge on any atom is -0.340 e. The molecule has 4 aromatic rings. The van der Waals surface area contributed by atoms with E-state index in [1.807, 2.05) is 60.7 Å². The Morgan fingerprint density at radius 1 is 0.914 bits per heavy atom. The number of nitrogens with one attached hydrogen (secondary N) is 2. The highest BCUT2D eigenvalue weighted by atomic mass is 35.5. The molecule has 0 spiro atoms. The molecule has 1 atom stereocenters. The third kappa shape index (κ3) is 5.31. The number of hydrogen-bond donors (Lipinski definition) is 2. The van der Waals surface area contributed by atoms with Gasteiger partial charge in [-0.2, -0.15) is 0 Å². The smallest absolute Gasteiger partial charge is 0.229 e. The van der Waals surface area contributed by atoms with Gasteiger partial charge in [-0.05, 0) is 48.5 Å². The van der Waals surface area contributed by atoms with Gasteiger partial charge in [0, 0.05) is 46.7 Å². The molecule has 3 aromatic carbocycles. The van der Waals surface area contributed by atoms with Crippen molar-refractivity contribution in [3.05, 3.63) is 96.3 Å². The number of aromatic nitrogens is 2. The second-order valence-electron chi connectivity index (χ2n) is 8.23. The molecule has 8 heteroatoms. The summed E-state index contributed by atoms with van der Waals surface area (Å²) >= 11 is 5.93. The van der Waals surface area contributed by atoms with Crippen LogP contribution in [0.5, 0.6) is 0 Å². The van der Waals surface area contributed by atoms with Gasteiger partial charge in [-0.1, -0.05) is 41.9 Å². The van der Waals surface area contributed by atoms with Crippen LogP contribution in [0.15, 0.2) is 91.3 Å². The van der Waals surface area contributed by atoms with Crippen molar-refractivity contribution >= 4 is 46.3 Å². The molecule has 0 aliphatic carbocycles. The number of carbonyl (C=O) groups is 2. The number of amides is 2. The minimum atomic E-state index is -0.423. The summed E-state index contributed by atoms with van der Waals surface area (Å²) in [5.74, 6) is -0.0126. The van der Waals surface area contributed by atoms with Crippen molar-refractivity contribution < 1.29 is 9.59 Å². The van der Waals surface area contributed by atoms with Gasteiger partial charge in [0.15, 0.2) is 0 Å². The molecule has 2 amide bonds. The van der Waals surface area contributed by atoms with Crippen molar-refractivity contribution in [3.8, 4) is 11.3 Å². The molecule has 2 heterocycles. The summed E-state index contributed by atoms with van der Waals surface area (Å²) in [5.41, 5.74) is 4.06. The minimum absolute atomic E-state index is 0.0771. The molecule has 2 N–H and O–H groups in total. The fraction of sp³-hybridized carbons (Fsp3) is 0.111. The van der Waals surface area contributed by atoms with Gasteiger partial charge in [0.05, 0.1) is 11.6 Å². The van der Waals surface area contributed by atoms with Gasteiger partial charge in [0.2, 0.25) is 11.8 Å². The summed E-state index contributed by atoms with van der Waals surface area (Å²) in [6.45, 7) is 0.337. The molecular formula is C27H22ClN5O2. The molecule has 1 aliphatic heterocycles. The highest BCUT2D eigenvalue weighted by Gasteiger charge is 2.35. The largest absolute Gasteiger partial charge is 0.340 e. The van der Waals surface area contributed by atoms with Crippen molar-refractivity contribution in [2.45, 2.75) is 6.42 Å². The molecule has 1 aromatic heterocycles. The first-order chi connectivity index (χ1) is 17.0. The molecule has 0 saturated carbocycles. The van der Waals surface area contributed by atoms with Gasteiger partial charge in [0.25, 0.3) is 0 Å². The van der Waals surface area contributed by atoms with Crippen molar-refractivity contribution in [2.24, 2.45) is 5.92 Å². The lowest BCUT2D eigenvalue weighted by Gasteiger charge is -2.17. The number of anilines is 4. The Bertz CT molecular complexity index is 1340. The van der Waals surface area contributed by atoms with E-state index in [4.69, 9.17) is 11.6 Å². The van der Waals surface area contributed by atoms with Gasteiger partial charge in [0.1, 0.15) is 12.1 Å². The molecule has 0 radical (unpaired) electrons. The molecule has 1 saturated heterocycles. The van der Waals surface area contributed by atoms with E-state index >= 15 is 0 Å². The summed E-state index contributed by atoms with van der Waals surface area (Å²) in [4.78, 5) is 35.5. The molecule has 1 aliphatic rings. The predicted molar refractivity (Wildman–Crippen MR) is 138 cm³/mol. The van der Waals surface area contributed by atoms with Crippen LogP contribution in [0.2, 0.25) is 5.02 Å². The number of rotatable bonds is 6. The zero-order valence-electron chi connectivity index (χ0n) is 18.7. The van der Waals surface area contributed by atoms with Crippen LogP contribution >= 0.6 is 11.6 Å². The summed E-state index contributed by atoms with van der Waals surface area (Å²) in [7, 11) is 0. The normalized spacial score (nSPS) is 15.2. The third-order valence-electron chi connectivity index (χ3n) is 5.80. The van der Waals surface area contributed by atoms with Crippen molar-refractivity contribution in [1.82, 2.24) is 9.97 Å². The van der Waals surface area contributed by atoms with Crippen molar-refractivity contribution in [1.29, 1.82) is 0 Å². The Balaban J connectivity index is 1.20. The number of halogens is 1. The first-order valence-electron chi connectivity index (χ1n) is 11.2. The first kappa shape index (κ1) is 22.6. The van der Waals surface area contributed by atoms with E-state index in [2.05, 4.69) is 20.6 Å². The van der Waals surface area contributed by atoms with Gasteiger partial charge in [-0.3, -0.25) is 9.59 Å². The highest BCUT2D eigenvalue weighted by molar-refractivity contribution is 6.30. The maximum Gasteiger partial charge on any atom is 0.229 e. The third-order valence-corrected chi connectivity index (χ3v) is 6.05. The lowest BCUT2D eigenvalue weighted by atomic mass is 10.1. The van der Waals surface area contributed by atoms with Gasteiger partial charge in [-0.25, -0.2) is 9.97 Å². The second-order valence-corrected chi connectivity index (χ2v) is 8.66. The van der Waals surface area contributed by atoms with E-state index in [-0.39, 0.29) is 18.2 Å². The molecule has 5 rings (SSSR count). The fourth-order valence-electron chi connectivity index (χ4n) is 3.98. The molecular weight excluding hydrogens is 462 g/mol. The zero-order chi connectivity index (χ0) is 24.2. The second kappa shape index (κ2) is 9.95. The molecule has 0 bridgehead atoms.